The lowest BCUT2D eigenvalue weighted by Crippen LogP contribution is -2.51. The minimum absolute atomic E-state index is 0.0106. The first-order chi connectivity index (χ1) is 19.6. The van der Waals surface area contributed by atoms with E-state index in [4.69, 9.17) is 4.74 Å². The Morgan fingerprint density at radius 2 is 1.80 bits per heavy atom. The fourth-order valence-electron chi connectivity index (χ4n) is 4.85. The molecule has 3 aromatic rings. The van der Waals surface area contributed by atoms with Gasteiger partial charge in [0.1, 0.15) is 11.9 Å². The van der Waals surface area contributed by atoms with Crippen LogP contribution in [0.15, 0.2) is 60.7 Å². The van der Waals surface area contributed by atoms with Gasteiger partial charge in [-0.05, 0) is 50.4 Å². The van der Waals surface area contributed by atoms with E-state index in [2.05, 4.69) is 16.0 Å². The van der Waals surface area contributed by atoms with Crippen LogP contribution in [-0.2, 0) is 0 Å². The van der Waals surface area contributed by atoms with Gasteiger partial charge in [0.15, 0.2) is 0 Å². The number of ether oxygens (including phenoxy) is 1. The molecule has 0 aliphatic carbocycles. The number of nitrogens with zero attached hydrogens (tertiary/aromatic N) is 2. The summed E-state index contributed by atoms with van der Waals surface area (Å²) in [7, 11) is 1.70. The summed E-state index contributed by atoms with van der Waals surface area (Å²) in [4.78, 5) is 42.4. The van der Waals surface area contributed by atoms with Crippen molar-refractivity contribution in [2.75, 3.05) is 37.4 Å². The number of nitrogens with one attached hydrogen (secondary N) is 3. The Hall–Kier alpha value is -4.31. The molecule has 0 fully saturated rings. The van der Waals surface area contributed by atoms with Crippen LogP contribution in [0.4, 0.5) is 21.0 Å². The molecule has 0 radical (unpaired) electrons. The topological polar surface area (TPSA) is 123 Å². The second-order valence-electron chi connectivity index (χ2n) is 10.9. The number of carbonyl (C=O) groups is 3. The van der Waals surface area contributed by atoms with Gasteiger partial charge in [0, 0.05) is 36.6 Å². The molecule has 41 heavy (non-hydrogen) atoms. The Kier molecular flexibility index (Phi) is 9.34. The summed E-state index contributed by atoms with van der Waals surface area (Å²) < 4.78 is 6.35. The van der Waals surface area contributed by atoms with Crippen molar-refractivity contribution in [1.82, 2.24) is 15.1 Å². The Morgan fingerprint density at radius 1 is 1.07 bits per heavy atom. The van der Waals surface area contributed by atoms with Crippen molar-refractivity contribution in [2.45, 2.75) is 45.9 Å². The van der Waals surface area contributed by atoms with E-state index in [9.17, 15) is 19.5 Å². The molecule has 1 aliphatic heterocycles. The molecular formula is C31H39N5O5. The Morgan fingerprint density at radius 3 is 2.54 bits per heavy atom. The van der Waals surface area contributed by atoms with Crippen molar-refractivity contribution in [3.8, 4) is 5.75 Å². The summed E-state index contributed by atoms with van der Waals surface area (Å²) in [6.07, 6.45) is -0.424. The third-order valence-electron chi connectivity index (χ3n) is 7.17. The van der Waals surface area contributed by atoms with Crippen LogP contribution in [0.1, 0.15) is 38.1 Å². The Balaban J connectivity index is 1.59. The van der Waals surface area contributed by atoms with Gasteiger partial charge in [-0.25, -0.2) is 9.59 Å². The van der Waals surface area contributed by atoms with Crippen molar-refractivity contribution < 1.29 is 24.2 Å². The molecule has 3 aromatic carbocycles. The average Bonchev–Trinajstić information content (AvgIpc) is 2.94. The van der Waals surface area contributed by atoms with Gasteiger partial charge in [-0.1, -0.05) is 43.3 Å². The van der Waals surface area contributed by atoms with Gasteiger partial charge in [-0.2, -0.15) is 0 Å². The Labute approximate surface area is 240 Å². The summed E-state index contributed by atoms with van der Waals surface area (Å²) in [6, 6.07) is 17.2. The van der Waals surface area contributed by atoms with Crippen molar-refractivity contribution in [1.29, 1.82) is 0 Å². The summed E-state index contributed by atoms with van der Waals surface area (Å²) >= 11 is 0. The minimum atomic E-state index is -0.453. The molecule has 1 heterocycles. The van der Waals surface area contributed by atoms with Gasteiger partial charge < -0.3 is 35.6 Å². The van der Waals surface area contributed by atoms with E-state index < -0.39 is 18.2 Å². The first-order valence-electron chi connectivity index (χ1n) is 13.9. The van der Waals surface area contributed by atoms with Crippen LogP contribution in [0, 0.1) is 5.92 Å². The van der Waals surface area contributed by atoms with E-state index in [1.807, 2.05) is 63.2 Å². The minimum Gasteiger partial charge on any atom is -0.487 e. The molecule has 4 N–H and O–H groups in total. The van der Waals surface area contributed by atoms with Gasteiger partial charge in [0.05, 0.1) is 30.4 Å². The zero-order valence-electron chi connectivity index (χ0n) is 24.2. The van der Waals surface area contributed by atoms with Crippen LogP contribution in [0.2, 0.25) is 0 Å². The predicted octanol–water partition coefficient (Wildman–Crippen LogP) is 4.75. The number of benzene rings is 3. The highest BCUT2D eigenvalue weighted by Gasteiger charge is 2.34. The van der Waals surface area contributed by atoms with Gasteiger partial charge in [0.25, 0.3) is 5.91 Å². The summed E-state index contributed by atoms with van der Waals surface area (Å²) in [5, 5.41) is 20.4. The quantitative estimate of drug-likeness (QED) is 0.331. The molecule has 0 saturated carbocycles. The monoisotopic (exact) mass is 561 g/mol. The van der Waals surface area contributed by atoms with Crippen LogP contribution >= 0.6 is 0 Å². The molecule has 5 amide bonds. The Bertz CT molecular complexity index is 1410. The molecule has 218 valence electrons. The lowest BCUT2D eigenvalue weighted by molar-refractivity contribution is 0.0366. The molecule has 3 atom stereocenters. The highest BCUT2D eigenvalue weighted by atomic mass is 16.5. The highest BCUT2D eigenvalue weighted by molar-refractivity contribution is 6.07. The van der Waals surface area contributed by atoms with E-state index in [1.165, 1.54) is 0 Å². The van der Waals surface area contributed by atoms with Gasteiger partial charge in [0.2, 0.25) is 0 Å². The van der Waals surface area contributed by atoms with Crippen LogP contribution < -0.4 is 20.7 Å². The lowest BCUT2D eigenvalue weighted by atomic mass is 9.99. The fraction of sp³-hybridized carbons (Fsp3) is 0.387. The molecule has 0 bridgehead atoms. The summed E-state index contributed by atoms with van der Waals surface area (Å²) in [6.45, 7) is 7.94. The van der Waals surface area contributed by atoms with Crippen LogP contribution in [-0.4, -0.2) is 77.8 Å². The van der Waals surface area contributed by atoms with E-state index in [0.717, 1.165) is 10.8 Å². The smallest absolute Gasteiger partial charge is 0.323 e. The number of urea groups is 2. The van der Waals surface area contributed by atoms with Crippen molar-refractivity contribution in [3.63, 3.8) is 0 Å². The van der Waals surface area contributed by atoms with E-state index >= 15 is 0 Å². The molecule has 10 nitrogen and oxygen atoms in total. The van der Waals surface area contributed by atoms with Gasteiger partial charge >= 0.3 is 12.1 Å². The number of amides is 5. The molecular weight excluding hydrogens is 522 g/mol. The van der Waals surface area contributed by atoms with Crippen molar-refractivity contribution in [3.05, 3.63) is 66.2 Å². The number of fused-ring (bicyclic) bond motifs is 2. The highest BCUT2D eigenvalue weighted by Crippen LogP contribution is 2.31. The summed E-state index contributed by atoms with van der Waals surface area (Å²) in [5.41, 5.74) is 1.34. The van der Waals surface area contributed by atoms with Crippen molar-refractivity contribution in [2.24, 2.45) is 5.92 Å². The third kappa shape index (κ3) is 7.07. The predicted molar refractivity (Wildman–Crippen MR) is 160 cm³/mol. The molecule has 4 rings (SSSR count). The number of aliphatic hydroxyl groups excluding tert-OH is 1. The van der Waals surface area contributed by atoms with E-state index in [0.29, 0.717) is 30.2 Å². The first-order valence-corrected chi connectivity index (χ1v) is 13.9. The second kappa shape index (κ2) is 12.9. The maximum Gasteiger partial charge on any atom is 0.323 e. The zero-order chi connectivity index (χ0) is 29.7. The third-order valence-corrected chi connectivity index (χ3v) is 7.17. The SMILES string of the molecule is CC(C)NC(=O)N(C)C[C@@H]1Oc2ccc(NC(=O)Nc3cccc4ccccc34)cc2C(=O)N([C@H](C)CO)C[C@H]1C. The maximum absolute atomic E-state index is 13.7. The van der Waals surface area contributed by atoms with Crippen LogP contribution in [0.3, 0.4) is 0 Å². The molecule has 0 unspecified atom stereocenters. The molecule has 0 aromatic heterocycles. The summed E-state index contributed by atoms with van der Waals surface area (Å²) in [5.74, 6) is -0.102. The maximum atomic E-state index is 13.7. The number of likely N-dealkylation sites (N-methyl/N-ethyl adjacent to an activating group) is 1. The molecule has 0 saturated heterocycles. The first kappa shape index (κ1) is 29.7. The van der Waals surface area contributed by atoms with E-state index in [-0.39, 0.29) is 36.1 Å². The fourth-order valence-corrected chi connectivity index (χ4v) is 4.85. The number of aliphatic hydroxyl groups is 1. The average molecular weight is 562 g/mol. The second-order valence-corrected chi connectivity index (χ2v) is 10.9. The van der Waals surface area contributed by atoms with Crippen LogP contribution in [0.25, 0.3) is 10.8 Å². The standard InChI is InChI=1S/C31H39N5O5/c1-19(2)32-31(40)35(5)17-28-20(3)16-36(21(4)18-37)29(38)25-15-23(13-14-27(25)41-28)33-30(39)34-26-12-8-10-22-9-6-7-11-24(22)26/h6-15,19-21,28,37H,16-18H2,1-5H3,(H,32,40)(H2,33,34,39)/t20-,21-,28+/m1/s1. The van der Waals surface area contributed by atoms with Gasteiger partial charge in [-0.15, -0.1) is 0 Å². The number of rotatable bonds is 7. The number of carbonyl (C=O) groups excluding carboxylic acids is 3. The molecule has 0 spiro atoms. The van der Waals surface area contributed by atoms with Crippen LogP contribution in [0.5, 0.6) is 5.75 Å². The van der Waals surface area contributed by atoms with Crippen molar-refractivity contribution >= 4 is 40.1 Å². The largest absolute Gasteiger partial charge is 0.487 e. The number of anilines is 2. The molecule has 1 aliphatic rings. The normalized spacial score (nSPS) is 17.6. The van der Waals surface area contributed by atoms with Gasteiger partial charge in [-0.3, -0.25) is 4.79 Å². The lowest BCUT2D eigenvalue weighted by Gasteiger charge is -2.38. The molecule has 10 heteroatoms. The van der Waals surface area contributed by atoms with E-state index in [1.54, 1.807) is 42.0 Å². The zero-order valence-corrected chi connectivity index (χ0v) is 24.2. The number of hydrogen-bond donors (Lipinski definition) is 4. The number of hydrogen-bond acceptors (Lipinski definition) is 5.